The van der Waals surface area contributed by atoms with Gasteiger partial charge in [-0.15, -0.1) is 0 Å². The molecule has 0 aliphatic carbocycles. The molecular formula is C61H96O6. The van der Waals surface area contributed by atoms with Gasteiger partial charge in [-0.3, -0.25) is 14.4 Å². The minimum Gasteiger partial charge on any atom is -0.462 e. The highest BCUT2D eigenvalue weighted by Gasteiger charge is 2.19. The van der Waals surface area contributed by atoms with Crippen molar-refractivity contribution in [1.29, 1.82) is 0 Å². The first-order valence-corrected chi connectivity index (χ1v) is 26.8. The molecule has 1 atom stereocenters. The molecule has 0 saturated heterocycles. The van der Waals surface area contributed by atoms with Gasteiger partial charge in [0.1, 0.15) is 13.2 Å². The van der Waals surface area contributed by atoms with Gasteiger partial charge in [0.25, 0.3) is 0 Å². The first-order chi connectivity index (χ1) is 33.0. The summed E-state index contributed by atoms with van der Waals surface area (Å²) in [5.74, 6) is -1.00. The molecule has 0 fully saturated rings. The molecule has 67 heavy (non-hydrogen) atoms. The molecule has 0 amide bonds. The van der Waals surface area contributed by atoms with Gasteiger partial charge in [0.15, 0.2) is 6.10 Å². The number of carbonyl (C=O) groups excluding carboxylic acids is 3. The molecule has 0 aromatic carbocycles. The van der Waals surface area contributed by atoms with Crippen molar-refractivity contribution in [3.05, 3.63) is 134 Å². The van der Waals surface area contributed by atoms with Crippen LogP contribution in [0.15, 0.2) is 134 Å². The fourth-order valence-corrected chi connectivity index (χ4v) is 6.78. The molecule has 0 aromatic heterocycles. The SMILES string of the molecule is CC\C=C/C=C\C=C/C=C\C=C/CCCCCC(=O)OC(COC(=O)CCCCC/C=C\C/C=C\C/C=C\C/C=C\C/C=C\CC)COC(=O)CCCCCCCCC/C=C\CCCCCC. The van der Waals surface area contributed by atoms with Gasteiger partial charge < -0.3 is 14.2 Å². The van der Waals surface area contributed by atoms with E-state index >= 15 is 0 Å². The molecule has 0 saturated carbocycles. The van der Waals surface area contributed by atoms with Crippen molar-refractivity contribution in [1.82, 2.24) is 0 Å². The summed E-state index contributed by atoms with van der Waals surface area (Å²) in [7, 11) is 0. The summed E-state index contributed by atoms with van der Waals surface area (Å²) in [5.41, 5.74) is 0. The Bertz CT molecular complexity index is 1480. The normalized spacial score (nSPS) is 13.2. The van der Waals surface area contributed by atoms with Gasteiger partial charge in [-0.05, 0) is 109 Å². The molecule has 6 heteroatoms. The summed E-state index contributed by atoms with van der Waals surface area (Å²) >= 11 is 0. The Morgan fingerprint density at radius 1 is 0.328 bits per heavy atom. The maximum absolute atomic E-state index is 12.8. The predicted molar refractivity (Wildman–Crippen MR) is 288 cm³/mol. The zero-order chi connectivity index (χ0) is 48.6. The van der Waals surface area contributed by atoms with Gasteiger partial charge >= 0.3 is 17.9 Å². The van der Waals surface area contributed by atoms with Gasteiger partial charge in [0.2, 0.25) is 0 Å². The van der Waals surface area contributed by atoms with Crippen molar-refractivity contribution < 1.29 is 28.6 Å². The van der Waals surface area contributed by atoms with Crippen molar-refractivity contribution in [2.75, 3.05) is 13.2 Å². The number of hydrogen-bond donors (Lipinski definition) is 0. The monoisotopic (exact) mass is 925 g/mol. The van der Waals surface area contributed by atoms with Crippen molar-refractivity contribution in [3.63, 3.8) is 0 Å². The fraction of sp³-hybridized carbons (Fsp3) is 0.590. The summed E-state index contributed by atoms with van der Waals surface area (Å²) in [6.45, 7) is 6.28. The van der Waals surface area contributed by atoms with E-state index in [2.05, 4.69) is 106 Å². The minimum atomic E-state index is -0.821. The van der Waals surface area contributed by atoms with Crippen LogP contribution in [0.1, 0.15) is 213 Å². The molecule has 6 nitrogen and oxygen atoms in total. The quantitative estimate of drug-likeness (QED) is 0.0199. The standard InChI is InChI=1S/C61H96O6/c1-4-7-10-13-16-19-22-25-28-29-30-31-34-36-39-42-45-48-51-54-60(63)66-57-58(67-61(64)55-52-49-46-43-40-37-33-27-24-21-18-15-12-9-6-3)56-65-59(62)53-50-47-44-41-38-35-32-26-23-20-17-14-11-8-5-2/h7,9-10,12,15-16,18-21,23-25,27-28,30-31,33,36-37,39-40,58H,4-6,8,11,13-14,17,22,26,29,32,34-35,38,41-57H2,1-3H3/b10-7-,12-9-,18-15-,19-16-,23-20-,24-21-,28-25-,31-30-,33-27-,39-36-,40-37-. The third kappa shape index (κ3) is 52.4. The van der Waals surface area contributed by atoms with Gasteiger partial charge in [0, 0.05) is 19.3 Å². The van der Waals surface area contributed by atoms with E-state index in [1.54, 1.807) is 0 Å². The van der Waals surface area contributed by atoms with E-state index < -0.39 is 6.10 Å². The van der Waals surface area contributed by atoms with E-state index in [1.807, 2.05) is 48.6 Å². The van der Waals surface area contributed by atoms with Crippen molar-refractivity contribution in [3.8, 4) is 0 Å². The van der Waals surface area contributed by atoms with Crippen molar-refractivity contribution in [2.24, 2.45) is 0 Å². The number of ether oxygens (including phenoxy) is 3. The average Bonchev–Trinajstić information content (AvgIpc) is 3.33. The highest BCUT2D eigenvalue weighted by Crippen LogP contribution is 2.13. The number of allylic oxidation sites excluding steroid dienone is 22. The van der Waals surface area contributed by atoms with Crippen LogP contribution in [0.25, 0.3) is 0 Å². The molecule has 0 spiro atoms. The van der Waals surface area contributed by atoms with E-state index in [0.717, 1.165) is 103 Å². The first kappa shape index (κ1) is 62.5. The van der Waals surface area contributed by atoms with Crippen LogP contribution in [0.5, 0.6) is 0 Å². The van der Waals surface area contributed by atoms with Crippen LogP contribution in [-0.4, -0.2) is 37.2 Å². The average molecular weight is 925 g/mol. The third-order valence-corrected chi connectivity index (χ3v) is 10.7. The molecule has 1 unspecified atom stereocenters. The van der Waals surface area contributed by atoms with E-state index in [9.17, 15) is 14.4 Å². The van der Waals surface area contributed by atoms with Crippen LogP contribution >= 0.6 is 0 Å². The van der Waals surface area contributed by atoms with Crippen LogP contribution < -0.4 is 0 Å². The summed E-state index contributed by atoms with van der Waals surface area (Å²) < 4.78 is 16.8. The van der Waals surface area contributed by atoms with Gasteiger partial charge in [-0.2, -0.15) is 0 Å². The largest absolute Gasteiger partial charge is 0.462 e. The number of hydrogen-bond acceptors (Lipinski definition) is 6. The second-order valence-electron chi connectivity index (χ2n) is 17.1. The molecule has 0 aliphatic rings. The number of rotatable bonds is 46. The van der Waals surface area contributed by atoms with Gasteiger partial charge in [-0.1, -0.05) is 219 Å². The number of carbonyl (C=O) groups is 3. The summed E-state index contributed by atoms with van der Waals surface area (Å²) in [6, 6.07) is 0. The highest BCUT2D eigenvalue weighted by atomic mass is 16.6. The molecule has 0 bridgehead atoms. The Balaban J connectivity index is 4.55. The van der Waals surface area contributed by atoms with Gasteiger partial charge in [-0.25, -0.2) is 0 Å². The van der Waals surface area contributed by atoms with Crippen LogP contribution in [0.2, 0.25) is 0 Å². The Hall–Kier alpha value is -4.45. The molecule has 0 heterocycles. The van der Waals surface area contributed by atoms with Gasteiger partial charge in [0.05, 0.1) is 0 Å². The molecule has 0 N–H and O–H groups in total. The topological polar surface area (TPSA) is 78.9 Å². The Labute approximate surface area is 411 Å². The van der Waals surface area contributed by atoms with E-state index in [1.165, 1.54) is 64.2 Å². The molecule has 0 rings (SSSR count). The molecule has 0 aliphatic heterocycles. The second kappa shape index (κ2) is 54.2. The van der Waals surface area contributed by atoms with Crippen LogP contribution in [-0.2, 0) is 28.6 Å². The van der Waals surface area contributed by atoms with Crippen LogP contribution in [0.4, 0.5) is 0 Å². The Kier molecular flexibility index (Phi) is 50.6. The lowest BCUT2D eigenvalue weighted by Gasteiger charge is -2.18. The molecular weight excluding hydrogens is 829 g/mol. The minimum absolute atomic E-state index is 0.113. The zero-order valence-corrected chi connectivity index (χ0v) is 42.9. The maximum atomic E-state index is 12.8. The number of esters is 3. The number of unbranched alkanes of at least 4 members (excludes halogenated alkanes) is 17. The first-order valence-electron chi connectivity index (χ1n) is 26.8. The van der Waals surface area contributed by atoms with Crippen molar-refractivity contribution in [2.45, 2.75) is 219 Å². The Morgan fingerprint density at radius 2 is 0.657 bits per heavy atom. The van der Waals surface area contributed by atoms with E-state index in [0.29, 0.717) is 19.3 Å². The third-order valence-electron chi connectivity index (χ3n) is 10.7. The fourth-order valence-electron chi connectivity index (χ4n) is 6.78. The maximum Gasteiger partial charge on any atom is 0.306 e. The molecule has 376 valence electrons. The highest BCUT2D eigenvalue weighted by molar-refractivity contribution is 5.71. The zero-order valence-electron chi connectivity index (χ0n) is 42.9. The summed E-state index contributed by atoms with van der Waals surface area (Å²) in [6.07, 6.45) is 75.7. The summed E-state index contributed by atoms with van der Waals surface area (Å²) in [4.78, 5) is 38.1. The molecule has 0 radical (unpaired) electrons. The van der Waals surface area contributed by atoms with E-state index in [-0.39, 0.29) is 37.5 Å². The van der Waals surface area contributed by atoms with Crippen molar-refractivity contribution >= 4 is 17.9 Å². The van der Waals surface area contributed by atoms with Crippen LogP contribution in [0.3, 0.4) is 0 Å². The Morgan fingerprint density at radius 3 is 1.12 bits per heavy atom. The lowest BCUT2D eigenvalue weighted by atomic mass is 10.1. The second-order valence-corrected chi connectivity index (χ2v) is 17.1. The lowest BCUT2D eigenvalue weighted by molar-refractivity contribution is -0.167. The van der Waals surface area contributed by atoms with Crippen LogP contribution in [0, 0.1) is 0 Å². The summed E-state index contributed by atoms with van der Waals surface area (Å²) in [5, 5.41) is 0. The lowest BCUT2D eigenvalue weighted by Crippen LogP contribution is -2.30. The van der Waals surface area contributed by atoms with E-state index in [4.69, 9.17) is 14.2 Å². The molecule has 0 aromatic rings. The predicted octanol–water partition coefficient (Wildman–Crippen LogP) is 17.9. The smallest absolute Gasteiger partial charge is 0.306 e.